The Morgan fingerprint density at radius 3 is 2.74 bits per heavy atom. The summed E-state index contributed by atoms with van der Waals surface area (Å²) < 4.78 is 0. The van der Waals surface area contributed by atoms with Crippen LogP contribution < -0.4 is 16.4 Å². The molecule has 0 aliphatic heterocycles. The highest BCUT2D eigenvalue weighted by Gasteiger charge is 2.24. The van der Waals surface area contributed by atoms with Crippen LogP contribution in [-0.4, -0.2) is 30.0 Å². The van der Waals surface area contributed by atoms with Crippen LogP contribution in [0.3, 0.4) is 0 Å². The van der Waals surface area contributed by atoms with Crippen LogP contribution in [0.15, 0.2) is 18.3 Å². The van der Waals surface area contributed by atoms with Gasteiger partial charge < -0.3 is 16.4 Å². The number of amides is 1. The lowest BCUT2D eigenvalue weighted by Crippen LogP contribution is -2.38. The summed E-state index contributed by atoms with van der Waals surface area (Å²) in [6, 6.07) is 4.20. The summed E-state index contributed by atoms with van der Waals surface area (Å²) in [4.78, 5) is 16.3. The molecule has 0 aromatic carbocycles. The topological polar surface area (TPSA) is 80.0 Å². The van der Waals surface area contributed by atoms with Gasteiger partial charge in [-0.05, 0) is 44.2 Å². The van der Waals surface area contributed by atoms with Crippen molar-refractivity contribution in [3.63, 3.8) is 0 Å². The standard InChI is InChI=1S/C16H26N4O.2ClH/c1-12-6-7-15(20-11-12)18-8-3-9-19-16(21)13-4-2-5-14(17)10-13;;/h6-7,11,13-14H,2-5,8-10,17H2,1H3,(H,18,20)(H,19,21);2*1H. The maximum absolute atomic E-state index is 12.0. The van der Waals surface area contributed by atoms with E-state index in [2.05, 4.69) is 15.6 Å². The number of hydrogen-bond donors (Lipinski definition) is 3. The summed E-state index contributed by atoms with van der Waals surface area (Å²) in [6.45, 7) is 3.52. The number of carbonyl (C=O) groups is 1. The summed E-state index contributed by atoms with van der Waals surface area (Å²) in [5.41, 5.74) is 7.07. The number of nitrogens with two attached hydrogens (primary N) is 1. The number of nitrogens with one attached hydrogen (secondary N) is 2. The van der Waals surface area contributed by atoms with E-state index < -0.39 is 0 Å². The molecule has 2 atom stereocenters. The second kappa shape index (κ2) is 11.5. The predicted octanol–water partition coefficient (Wildman–Crippen LogP) is 2.67. The zero-order valence-corrected chi connectivity index (χ0v) is 15.2. The molecule has 0 spiro atoms. The van der Waals surface area contributed by atoms with Gasteiger partial charge in [-0.3, -0.25) is 4.79 Å². The number of carbonyl (C=O) groups excluding carboxylic acids is 1. The lowest BCUT2D eigenvalue weighted by Gasteiger charge is -2.25. The molecule has 1 fully saturated rings. The summed E-state index contributed by atoms with van der Waals surface area (Å²) >= 11 is 0. The fourth-order valence-corrected chi connectivity index (χ4v) is 2.70. The molecule has 5 nitrogen and oxygen atoms in total. The molecule has 0 bridgehead atoms. The third kappa shape index (κ3) is 7.86. The fraction of sp³-hybridized carbons (Fsp3) is 0.625. The van der Waals surface area contributed by atoms with Crippen molar-refractivity contribution in [2.75, 3.05) is 18.4 Å². The lowest BCUT2D eigenvalue weighted by molar-refractivity contribution is -0.126. The van der Waals surface area contributed by atoms with Crippen molar-refractivity contribution in [2.45, 2.75) is 45.1 Å². The molecule has 1 saturated carbocycles. The van der Waals surface area contributed by atoms with E-state index in [9.17, 15) is 4.79 Å². The quantitative estimate of drug-likeness (QED) is 0.679. The summed E-state index contributed by atoms with van der Waals surface area (Å²) in [7, 11) is 0. The Bertz CT molecular complexity index is 456. The molecule has 2 unspecified atom stereocenters. The van der Waals surface area contributed by atoms with Crippen LogP contribution in [0, 0.1) is 12.8 Å². The first-order chi connectivity index (χ1) is 10.1. The lowest BCUT2D eigenvalue weighted by atomic mass is 9.85. The molecule has 2 rings (SSSR count). The van der Waals surface area contributed by atoms with Gasteiger partial charge in [0.15, 0.2) is 0 Å². The maximum atomic E-state index is 12.0. The van der Waals surface area contributed by atoms with Gasteiger partial charge in [-0.2, -0.15) is 0 Å². The minimum Gasteiger partial charge on any atom is -0.370 e. The molecule has 4 N–H and O–H groups in total. The molecule has 23 heavy (non-hydrogen) atoms. The van der Waals surface area contributed by atoms with E-state index in [0.717, 1.165) is 50.0 Å². The monoisotopic (exact) mass is 362 g/mol. The molecule has 132 valence electrons. The van der Waals surface area contributed by atoms with Crippen LogP contribution >= 0.6 is 24.8 Å². The zero-order chi connectivity index (χ0) is 15.1. The number of anilines is 1. The Balaban J connectivity index is 0.00000242. The third-order valence-electron chi connectivity index (χ3n) is 3.96. The highest BCUT2D eigenvalue weighted by molar-refractivity contribution is 5.85. The van der Waals surface area contributed by atoms with E-state index in [1.165, 1.54) is 0 Å². The number of hydrogen-bond acceptors (Lipinski definition) is 4. The van der Waals surface area contributed by atoms with Gasteiger partial charge in [-0.15, -0.1) is 24.8 Å². The van der Waals surface area contributed by atoms with Gasteiger partial charge in [0.25, 0.3) is 0 Å². The molecular weight excluding hydrogens is 335 g/mol. The van der Waals surface area contributed by atoms with Crippen LogP contribution in [0.2, 0.25) is 0 Å². The minimum atomic E-state index is 0. The number of halogens is 2. The van der Waals surface area contributed by atoms with Crippen molar-refractivity contribution in [2.24, 2.45) is 11.7 Å². The maximum Gasteiger partial charge on any atom is 0.223 e. The average molecular weight is 363 g/mol. The molecule has 1 amide bonds. The Hall–Kier alpha value is -1.04. The Kier molecular flexibility index (Phi) is 11.0. The molecule has 0 saturated heterocycles. The third-order valence-corrected chi connectivity index (χ3v) is 3.96. The van der Waals surface area contributed by atoms with Gasteiger partial charge >= 0.3 is 0 Å². The largest absolute Gasteiger partial charge is 0.370 e. The van der Waals surface area contributed by atoms with E-state index in [4.69, 9.17) is 5.73 Å². The molecule has 1 heterocycles. The average Bonchev–Trinajstić information content (AvgIpc) is 2.48. The van der Waals surface area contributed by atoms with Gasteiger partial charge in [0.2, 0.25) is 5.91 Å². The normalized spacial score (nSPS) is 19.9. The van der Waals surface area contributed by atoms with Gasteiger partial charge in [-0.25, -0.2) is 4.98 Å². The van der Waals surface area contributed by atoms with Crippen LogP contribution in [0.5, 0.6) is 0 Å². The van der Waals surface area contributed by atoms with Crippen molar-refractivity contribution in [1.82, 2.24) is 10.3 Å². The number of rotatable bonds is 6. The fourth-order valence-electron chi connectivity index (χ4n) is 2.70. The molecule has 1 aliphatic carbocycles. The highest BCUT2D eigenvalue weighted by Crippen LogP contribution is 2.22. The van der Waals surface area contributed by atoms with Crippen molar-refractivity contribution >= 4 is 36.5 Å². The Morgan fingerprint density at radius 1 is 1.30 bits per heavy atom. The molecular formula is C16H28Cl2N4O. The van der Waals surface area contributed by atoms with Gasteiger partial charge in [-0.1, -0.05) is 12.5 Å². The van der Waals surface area contributed by atoms with Crippen molar-refractivity contribution in [3.05, 3.63) is 23.9 Å². The number of aryl methyl sites for hydroxylation is 1. The molecule has 1 aromatic heterocycles. The van der Waals surface area contributed by atoms with Crippen LogP contribution in [0.1, 0.15) is 37.7 Å². The molecule has 1 aliphatic rings. The van der Waals surface area contributed by atoms with Crippen molar-refractivity contribution in [3.8, 4) is 0 Å². The Labute approximate surface area is 151 Å². The zero-order valence-electron chi connectivity index (χ0n) is 13.6. The van der Waals surface area contributed by atoms with E-state index in [1.807, 2.05) is 25.3 Å². The second-order valence-electron chi connectivity index (χ2n) is 5.92. The first-order valence-corrected chi connectivity index (χ1v) is 7.85. The predicted molar refractivity (Wildman–Crippen MR) is 99.5 cm³/mol. The first-order valence-electron chi connectivity index (χ1n) is 7.85. The summed E-state index contributed by atoms with van der Waals surface area (Å²) in [5, 5.41) is 6.26. The van der Waals surface area contributed by atoms with Crippen molar-refractivity contribution in [1.29, 1.82) is 0 Å². The van der Waals surface area contributed by atoms with Crippen molar-refractivity contribution < 1.29 is 4.79 Å². The minimum absolute atomic E-state index is 0. The van der Waals surface area contributed by atoms with E-state index in [-0.39, 0.29) is 42.7 Å². The van der Waals surface area contributed by atoms with Gasteiger partial charge in [0.05, 0.1) is 0 Å². The Morgan fingerprint density at radius 2 is 2.09 bits per heavy atom. The van der Waals surface area contributed by atoms with E-state index in [1.54, 1.807) is 0 Å². The first kappa shape index (κ1) is 22.0. The van der Waals surface area contributed by atoms with Crippen LogP contribution in [0.4, 0.5) is 5.82 Å². The smallest absolute Gasteiger partial charge is 0.223 e. The van der Waals surface area contributed by atoms with Gasteiger partial charge in [0.1, 0.15) is 5.82 Å². The van der Waals surface area contributed by atoms with E-state index in [0.29, 0.717) is 6.54 Å². The SMILES string of the molecule is Cc1ccc(NCCCNC(=O)C2CCCC(N)C2)nc1.Cl.Cl. The van der Waals surface area contributed by atoms with Gasteiger partial charge in [0, 0.05) is 31.2 Å². The molecule has 1 aromatic rings. The number of nitrogens with zero attached hydrogens (tertiary/aromatic N) is 1. The summed E-state index contributed by atoms with van der Waals surface area (Å²) in [5.74, 6) is 1.16. The van der Waals surface area contributed by atoms with Crippen LogP contribution in [0.25, 0.3) is 0 Å². The molecule has 0 radical (unpaired) electrons. The number of aromatic nitrogens is 1. The van der Waals surface area contributed by atoms with E-state index >= 15 is 0 Å². The second-order valence-corrected chi connectivity index (χ2v) is 5.92. The van der Waals surface area contributed by atoms with Crippen LogP contribution in [-0.2, 0) is 4.79 Å². The number of pyridine rings is 1. The molecule has 7 heteroatoms. The summed E-state index contributed by atoms with van der Waals surface area (Å²) in [6.07, 6.45) is 6.66. The highest BCUT2D eigenvalue weighted by atomic mass is 35.5.